The van der Waals surface area contributed by atoms with Crippen molar-refractivity contribution in [2.24, 2.45) is 0 Å². The molecule has 1 aliphatic rings. The number of hydrogen-bond acceptors (Lipinski definition) is 0. The Bertz CT molecular complexity index is 272. The van der Waals surface area contributed by atoms with Crippen molar-refractivity contribution >= 4 is 0 Å². The van der Waals surface area contributed by atoms with Crippen molar-refractivity contribution in [1.82, 2.24) is 0 Å². The predicted molar refractivity (Wildman–Crippen MR) is 59.6 cm³/mol. The molecule has 68 valence electrons. The zero-order valence-electron chi connectivity index (χ0n) is 8.11. The average molecular weight is 172 g/mol. The molecule has 0 aromatic heterocycles. The third-order valence-electron chi connectivity index (χ3n) is 1.84. The zero-order chi connectivity index (χ0) is 9.36. The summed E-state index contributed by atoms with van der Waals surface area (Å²) < 4.78 is 0. The molecule has 0 heterocycles. The molecule has 0 aromatic rings. The van der Waals surface area contributed by atoms with Crippen molar-refractivity contribution in [2.45, 2.75) is 19.8 Å². The Morgan fingerprint density at radius 3 is 2.62 bits per heavy atom. The molecule has 0 aliphatic heterocycles. The van der Waals surface area contributed by atoms with Crippen LogP contribution in [0.15, 0.2) is 60.3 Å². The monoisotopic (exact) mass is 172 g/mol. The van der Waals surface area contributed by atoms with Gasteiger partial charge in [0.2, 0.25) is 0 Å². The van der Waals surface area contributed by atoms with Gasteiger partial charge in [0, 0.05) is 0 Å². The smallest absolute Gasteiger partial charge is 0.0300 e. The lowest BCUT2D eigenvalue weighted by atomic mass is 10.1. The van der Waals surface area contributed by atoms with Crippen molar-refractivity contribution in [3.63, 3.8) is 0 Å². The largest absolute Gasteiger partial charge is 0.0877 e. The van der Waals surface area contributed by atoms with Crippen molar-refractivity contribution in [1.29, 1.82) is 0 Å². The fraction of sp³-hybridized carbons (Fsp3) is 0.231. The number of hydrogen-bond donors (Lipinski definition) is 0. The first kappa shape index (κ1) is 9.79. The molecule has 0 bridgehead atoms. The van der Waals surface area contributed by atoms with Crippen LogP contribution in [0.25, 0.3) is 0 Å². The van der Waals surface area contributed by atoms with Crippen LogP contribution in [0.2, 0.25) is 0 Å². The van der Waals surface area contributed by atoms with Crippen LogP contribution in [0.4, 0.5) is 0 Å². The van der Waals surface area contributed by atoms with Crippen molar-refractivity contribution in [3.05, 3.63) is 60.3 Å². The Morgan fingerprint density at radius 2 is 1.92 bits per heavy atom. The van der Waals surface area contributed by atoms with Gasteiger partial charge in [-0.3, -0.25) is 0 Å². The predicted octanol–water partition coefficient (Wildman–Crippen LogP) is 3.95. The summed E-state index contributed by atoms with van der Waals surface area (Å²) in [5.74, 6) is 0. The molecule has 0 spiro atoms. The van der Waals surface area contributed by atoms with E-state index in [1.165, 1.54) is 18.4 Å². The standard InChI is InChI=1S/C13H16/c1-2-3-4-5-7-10-13-11-8-6-9-12-13/h2-5,7-8,10-12H,6,9H2,1H3/b3-2+,5-4-,10-7-. The molecule has 0 saturated heterocycles. The maximum absolute atomic E-state index is 2.26. The third-order valence-corrected chi connectivity index (χ3v) is 1.84. The quantitative estimate of drug-likeness (QED) is 0.565. The summed E-state index contributed by atoms with van der Waals surface area (Å²) in [5, 5.41) is 0. The number of rotatable bonds is 3. The molecule has 0 amide bonds. The van der Waals surface area contributed by atoms with E-state index in [0.29, 0.717) is 0 Å². The van der Waals surface area contributed by atoms with E-state index in [4.69, 9.17) is 0 Å². The van der Waals surface area contributed by atoms with Gasteiger partial charge in [0.15, 0.2) is 0 Å². The molecule has 0 atom stereocenters. The van der Waals surface area contributed by atoms with Crippen LogP contribution in [0.1, 0.15) is 19.8 Å². The van der Waals surface area contributed by atoms with Crippen LogP contribution in [-0.2, 0) is 0 Å². The molecule has 0 heteroatoms. The van der Waals surface area contributed by atoms with Gasteiger partial charge in [0.05, 0.1) is 0 Å². The van der Waals surface area contributed by atoms with Crippen LogP contribution in [0.3, 0.4) is 0 Å². The van der Waals surface area contributed by atoms with Gasteiger partial charge < -0.3 is 0 Å². The van der Waals surface area contributed by atoms with Gasteiger partial charge in [-0.25, -0.2) is 0 Å². The molecule has 0 saturated carbocycles. The van der Waals surface area contributed by atoms with Gasteiger partial charge in [-0.1, -0.05) is 54.7 Å². The third kappa shape index (κ3) is 4.32. The molecule has 0 unspecified atom stereocenters. The average Bonchev–Trinajstić information content (AvgIpc) is 2.19. The molecule has 1 aliphatic carbocycles. The maximum atomic E-state index is 2.26. The Labute approximate surface area is 80.7 Å². The highest BCUT2D eigenvalue weighted by Gasteiger charge is 1.90. The zero-order valence-corrected chi connectivity index (χ0v) is 8.11. The van der Waals surface area contributed by atoms with Gasteiger partial charge in [-0.2, -0.15) is 0 Å². The van der Waals surface area contributed by atoms with Gasteiger partial charge in [0.1, 0.15) is 0 Å². The second-order valence-electron chi connectivity index (χ2n) is 2.95. The van der Waals surface area contributed by atoms with E-state index in [1.807, 2.05) is 31.2 Å². The van der Waals surface area contributed by atoms with E-state index in [2.05, 4.69) is 30.4 Å². The SMILES string of the molecule is C/C=C/C=C\C=C/C1=CCCC=C1. The Morgan fingerprint density at radius 1 is 1.08 bits per heavy atom. The summed E-state index contributed by atoms with van der Waals surface area (Å²) in [4.78, 5) is 0. The Balaban J connectivity index is 2.39. The summed E-state index contributed by atoms with van der Waals surface area (Å²) in [7, 11) is 0. The first-order chi connectivity index (χ1) is 6.43. The summed E-state index contributed by atoms with van der Waals surface area (Å²) in [6, 6.07) is 0. The summed E-state index contributed by atoms with van der Waals surface area (Å²) >= 11 is 0. The molecule has 0 fully saturated rings. The van der Waals surface area contributed by atoms with E-state index in [9.17, 15) is 0 Å². The first-order valence-corrected chi connectivity index (χ1v) is 4.76. The summed E-state index contributed by atoms with van der Waals surface area (Å²) in [6.07, 6.45) is 21.3. The second kappa shape index (κ2) is 6.24. The normalized spacial score (nSPS) is 17.8. The lowest BCUT2D eigenvalue weighted by Crippen LogP contribution is -1.79. The minimum atomic E-state index is 1.18. The van der Waals surface area contributed by atoms with Crippen molar-refractivity contribution in [3.8, 4) is 0 Å². The minimum absolute atomic E-state index is 1.18. The van der Waals surface area contributed by atoms with E-state index in [1.54, 1.807) is 0 Å². The van der Waals surface area contributed by atoms with Crippen LogP contribution < -0.4 is 0 Å². The van der Waals surface area contributed by atoms with Crippen LogP contribution in [-0.4, -0.2) is 0 Å². The van der Waals surface area contributed by atoms with Gasteiger partial charge in [-0.05, 0) is 25.3 Å². The Hall–Kier alpha value is -1.30. The van der Waals surface area contributed by atoms with Crippen molar-refractivity contribution < 1.29 is 0 Å². The van der Waals surface area contributed by atoms with E-state index in [0.717, 1.165) is 0 Å². The molecule has 0 N–H and O–H groups in total. The minimum Gasteiger partial charge on any atom is -0.0877 e. The van der Waals surface area contributed by atoms with E-state index < -0.39 is 0 Å². The van der Waals surface area contributed by atoms with E-state index >= 15 is 0 Å². The van der Waals surface area contributed by atoms with Crippen LogP contribution >= 0.6 is 0 Å². The molecule has 0 nitrogen and oxygen atoms in total. The van der Waals surface area contributed by atoms with Gasteiger partial charge in [0.25, 0.3) is 0 Å². The van der Waals surface area contributed by atoms with Crippen LogP contribution in [0, 0.1) is 0 Å². The molecule has 1 rings (SSSR count). The summed E-state index contributed by atoms with van der Waals surface area (Å²) in [6.45, 7) is 2.01. The highest BCUT2D eigenvalue weighted by molar-refractivity contribution is 5.34. The fourth-order valence-corrected chi connectivity index (χ4v) is 1.16. The topological polar surface area (TPSA) is 0 Å². The highest BCUT2D eigenvalue weighted by Crippen LogP contribution is 2.10. The van der Waals surface area contributed by atoms with Crippen LogP contribution in [0.5, 0.6) is 0 Å². The summed E-state index contributed by atoms with van der Waals surface area (Å²) in [5.41, 5.74) is 1.32. The lowest BCUT2D eigenvalue weighted by Gasteiger charge is -1.99. The highest BCUT2D eigenvalue weighted by atomic mass is 14.0. The fourth-order valence-electron chi connectivity index (χ4n) is 1.16. The molecular formula is C13H16. The second-order valence-corrected chi connectivity index (χ2v) is 2.95. The number of allylic oxidation sites excluding steroid dienone is 10. The Kier molecular flexibility index (Phi) is 4.70. The molecular weight excluding hydrogens is 156 g/mol. The molecule has 13 heavy (non-hydrogen) atoms. The molecule has 0 radical (unpaired) electrons. The lowest BCUT2D eigenvalue weighted by molar-refractivity contribution is 1.02. The van der Waals surface area contributed by atoms with E-state index in [-0.39, 0.29) is 0 Å². The molecule has 0 aromatic carbocycles. The maximum Gasteiger partial charge on any atom is -0.0300 e. The first-order valence-electron chi connectivity index (χ1n) is 4.76. The van der Waals surface area contributed by atoms with Crippen molar-refractivity contribution in [2.75, 3.05) is 0 Å². The van der Waals surface area contributed by atoms with Gasteiger partial charge >= 0.3 is 0 Å². The van der Waals surface area contributed by atoms with Gasteiger partial charge in [-0.15, -0.1) is 0 Å².